The second-order valence-corrected chi connectivity index (χ2v) is 9.73. The van der Waals surface area contributed by atoms with Crippen molar-refractivity contribution in [2.45, 2.75) is 13.0 Å². The van der Waals surface area contributed by atoms with E-state index < -0.39 is 22.5 Å². The van der Waals surface area contributed by atoms with Crippen LogP contribution in [0.25, 0.3) is 0 Å². The first-order valence-electron chi connectivity index (χ1n) is 10.1. The molecule has 1 atom stereocenters. The molecule has 0 spiro atoms. The van der Waals surface area contributed by atoms with E-state index in [1.165, 1.54) is 6.07 Å². The molecule has 172 valence electrons. The van der Waals surface area contributed by atoms with Crippen LogP contribution >= 0.6 is 11.6 Å². The van der Waals surface area contributed by atoms with E-state index in [-0.39, 0.29) is 33.9 Å². The number of halogens is 1. The molecule has 2 N–H and O–H groups in total. The predicted molar refractivity (Wildman–Crippen MR) is 131 cm³/mol. The van der Waals surface area contributed by atoms with Crippen LogP contribution in [0.1, 0.15) is 28.9 Å². The molecule has 0 aromatic heterocycles. The minimum Gasteiger partial charge on any atom is -0.345 e. The van der Waals surface area contributed by atoms with Crippen molar-refractivity contribution in [1.29, 1.82) is 0 Å². The lowest BCUT2D eigenvalue weighted by Crippen LogP contribution is -2.38. The summed E-state index contributed by atoms with van der Waals surface area (Å²) in [6.07, 6.45) is 0.996. The first-order chi connectivity index (χ1) is 15.7. The Morgan fingerprint density at radius 2 is 1.55 bits per heavy atom. The molecule has 7 nitrogen and oxygen atoms in total. The topological polar surface area (TPSA) is 95.6 Å². The third kappa shape index (κ3) is 6.34. The lowest BCUT2D eigenvalue weighted by Gasteiger charge is -2.23. The van der Waals surface area contributed by atoms with Gasteiger partial charge in [-0.15, -0.1) is 0 Å². The summed E-state index contributed by atoms with van der Waals surface area (Å²) in [5.74, 6) is -0.981. The first-order valence-corrected chi connectivity index (χ1v) is 12.4. The van der Waals surface area contributed by atoms with Gasteiger partial charge in [0, 0.05) is 0 Å². The molecule has 0 aliphatic rings. The highest BCUT2D eigenvalue weighted by Gasteiger charge is 2.24. The fourth-order valence-electron chi connectivity index (χ4n) is 3.24. The number of benzene rings is 3. The minimum atomic E-state index is -3.79. The zero-order chi connectivity index (χ0) is 24.0. The highest BCUT2D eigenvalue weighted by atomic mass is 35.5. The van der Waals surface area contributed by atoms with Gasteiger partial charge in [0.25, 0.3) is 5.91 Å². The predicted octanol–water partition coefficient (Wildman–Crippen LogP) is 4.24. The monoisotopic (exact) mass is 485 g/mol. The molecule has 0 saturated carbocycles. The molecule has 0 bridgehead atoms. The van der Waals surface area contributed by atoms with Crippen molar-refractivity contribution in [2.24, 2.45) is 0 Å². The fourth-order valence-corrected chi connectivity index (χ4v) is 4.40. The van der Waals surface area contributed by atoms with Gasteiger partial charge in [-0.2, -0.15) is 0 Å². The van der Waals surface area contributed by atoms with Gasteiger partial charge in [0.2, 0.25) is 15.9 Å². The molecule has 3 aromatic carbocycles. The van der Waals surface area contributed by atoms with Crippen LogP contribution in [0, 0.1) is 0 Å². The lowest BCUT2D eigenvalue weighted by atomic mass is 10.1. The molecule has 0 fully saturated rings. The minimum absolute atomic E-state index is 0.194. The molecule has 0 aliphatic carbocycles. The van der Waals surface area contributed by atoms with Crippen molar-refractivity contribution in [3.05, 3.63) is 95.0 Å². The zero-order valence-corrected chi connectivity index (χ0v) is 19.7. The number of rotatable bonds is 8. The SMILES string of the molecule is C[C@@H](NC(=O)c1ccccc1NC(=O)CN(c1ccccc1Cl)S(C)(=O)=O)c1ccccc1. The Labute approximate surface area is 198 Å². The second kappa shape index (κ2) is 10.5. The maximum absolute atomic E-state index is 12.9. The van der Waals surface area contributed by atoms with Crippen LogP contribution in [-0.2, 0) is 14.8 Å². The van der Waals surface area contributed by atoms with Gasteiger partial charge in [0.15, 0.2) is 0 Å². The highest BCUT2D eigenvalue weighted by Crippen LogP contribution is 2.27. The summed E-state index contributed by atoms with van der Waals surface area (Å²) in [5, 5.41) is 5.76. The van der Waals surface area contributed by atoms with Crippen molar-refractivity contribution in [3.8, 4) is 0 Å². The van der Waals surface area contributed by atoms with E-state index in [4.69, 9.17) is 11.6 Å². The van der Waals surface area contributed by atoms with E-state index >= 15 is 0 Å². The third-order valence-corrected chi connectivity index (χ3v) is 6.35. The van der Waals surface area contributed by atoms with E-state index in [1.54, 1.807) is 42.5 Å². The Morgan fingerprint density at radius 1 is 0.939 bits per heavy atom. The molecule has 0 saturated heterocycles. The summed E-state index contributed by atoms with van der Waals surface area (Å²) in [6, 6.07) is 22.1. The molecule has 3 rings (SSSR count). The van der Waals surface area contributed by atoms with Crippen LogP contribution in [-0.4, -0.2) is 33.0 Å². The lowest BCUT2D eigenvalue weighted by molar-refractivity contribution is -0.114. The Kier molecular flexibility index (Phi) is 7.73. The number of nitrogens with one attached hydrogen (secondary N) is 2. The summed E-state index contributed by atoms with van der Waals surface area (Å²) in [6.45, 7) is 1.36. The molecular weight excluding hydrogens is 462 g/mol. The first kappa shape index (κ1) is 24.3. The van der Waals surface area contributed by atoms with E-state index in [2.05, 4.69) is 10.6 Å². The number of amides is 2. The number of hydrogen-bond donors (Lipinski definition) is 2. The number of carbonyl (C=O) groups excluding carboxylic acids is 2. The van der Waals surface area contributed by atoms with Crippen LogP contribution in [0.2, 0.25) is 5.02 Å². The third-order valence-electron chi connectivity index (χ3n) is 4.90. The fraction of sp³-hybridized carbons (Fsp3) is 0.167. The Balaban J connectivity index is 1.77. The smallest absolute Gasteiger partial charge is 0.253 e. The zero-order valence-electron chi connectivity index (χ0n) is 18.2. The number of anilines is 2. The number of sulfonamides is 1. The average Bonchev–Trinajstić information content (AvgIpc) is 2.78. The van der Waals surface area contributed by atoms with Crippen LogP contribution in [0.3, 0.4) is 0 Å². The number of carbonyl (C=O) groups is 2. The molecular formula is C24H24ClN3O4S. The summed E-state index contributed by atoms with van der Waals surface area (Å²) < 4.78 is 25.6. The van der Waals surface area contributed by atoms with Crippen LogP contribution in [0.15, 0.2) is 78.9 Å². The number of nitrogens with zero attached hydrogens (tertiary/aromatic N) is 1. The van der Waals surface area contributed by atoms with Crippen molar-refractivity contribution < 1.29 is 18.0 Å². The van der Waals surface area contributed by atoms with Crippen LogP contribution in [0.4, 0.5) is 11.4 Å². The van der Waals surface area contributed by atoms with Crippen molar-refractivity contribution in [2.75, 3.05) is 22.4 Å². The average molecular weight is 486 g/mol. The van der Waals surface area contributed by atoms with E-state index in [0.717, 1.165) is 16.1 Å². The Bertz CT molecular complexity index is 1250. The maximum Gasteiger partial charge on any atom is 0.253 e. The maximum atomic E-state index is 12.9. The molecule has 0 heterocycles. The van der Waals surface area contributed by atoms with Gasteiger partial charge in [0.05, 0.1) is 34.3 Å². The molecule has 9 heteroatoms. The standard InChI is InChI=1S/C24H24ClN3O4S/c1-17(18-10-4-3-5-11-18)26-24(30)19-12-6-8-14-21(19)27-23(29)16-28(33(2,31)32)22-15-9-7-13-20(22)25/h3-15,17H,16H2,1-2H3,(H,26,30)(H,27,29)/t17-/m1/s1. The van der Waals surface area contributed by atoms with E-state index in [1.807, 2.05) is 37.3 Å². The quantitative estimate of drug-likeness (QED) is 0.499. The van der Waals surface area contributed by atoms with E-state index in [9.17, 15) is 18.0 Å². The normalized spacial score (nSPS) is 12.0. The van der Waals surface area contributed by atoms with Gasteiger partial charge >= 0.3 is 0 Å². The van der Waals surface area contributed by atoms with Gasteiger partial charge in [-0.1, -0.05) is 66.2 Å². The van der Waals surface area contributed by atoms with Gasteiger partial charge in [-0.3, -0.25) is 13.9 Å². The molecule has 0 radical (unpaired) electrons. The Morgan fingerprint density at radius 3 is 2.21 bits per heavy atom. The molecule has 0 unspecified atom stereocenters. The molecule has 3 aromatic rings. The summed E-state index contributed by atoms with van der Waals surface area (Å²) >= 11 is 6.14. The van der Waals surface area contributed by atoms with Gasteiger partial charge in [-0.05, 0) is 36.8 Å². The van der Waals surface area contributed by atoms with Crippen LogP contribution in [0.5, 0.6) is 0 Å². The van der Waals surface area contributed by atoms with Crippen molar-refractivity contribution >= 4 is 44.8 Å². The number of hydrogen-bond acceptors (Lipinski definition) is 4. The van der Waals surface area contributed by atoms with Crippen molar-refractivity contribution in [1.82, 2.24) is 5.32 Å². The number of para-hydroxylation sites is 2. The Hall–Kier alpha value is -3.36. The van der Waals surface area contributed by atoms with Gasteiger partial charge < -0.3 is 10.6 Å². The molecule has 0 aliphatic heterocycles. The molecule has 33 heavy (non-hydrogen) atoms. The summed E-state index contributed by atoms with van der Waals surface area (Å²) in [4.78, 5) is 25.7. The largest absolute Gasteiger partial charge is 0.345 e. The van der Waals surface area contributed by atoms with Crippen LogP contribution < -0.4 is 14.9 Å². The highest BCUT2D eigenvalue weighted by molar-refractivity contribution is 7.92. The molecule has 2 amide bonds. The van der Waals surface area contributed by atoms with Gasteiger partial charge in [0.1, 0.15) is 6.54 Å². The summed E-state index contributed by atoms with van der Waals surface area (Å²) in [5.41, 5.74) is 1.67. The van der Waals surface area contributed by atoms with Crippen molar-refractivity contribution in [3.63, 3.8) is 0 Å². The second-order valence-electron chi connectivity index (χ2n) is 7.42. The summed E-state index contributed by atoms with van der Waals surface area (Å²) in [7, 11) is -3.79. The van der Waals surface area contributed by atoms with E-state index in [0.29, 0.717) is 0 Å². The van der Waals surface area contributed by atoms with Gasteiger partial charge in [-0.25, -0.2) is 8.42 Å².